The van der Waals surface area contributed by atoms with Crippen LogP contribution in [-0.4, -0.2) is 22.6 Å². The highest BCUT2D eigenvalue weighted by molar-refractivity contribution is 5.95. The van der Waals surface area contributed by atoms with Gasteiger partial charge in [-0.3, -0.25) is 4.79 Å². The summed E-state index contributed by atoms with van der Waals surface area (Å²) in [7, 11) is 0. The van der Waals surface area contributed by atoms with E-state index >= 15 is 0 Å². The van der Waals surface area contributed by atoms with Gasteiger partial charge in [-0.05, 0) is 39.8 Å². The third-order valence-corrected chi connectivity index (χ3v) is 3.54. The van der Waals surface area contributed by atoms with Gasteiger partial charge in [0.15, 0.2) is 5.78 Å². The average molecular weight is 248 g/mol. The molecule has 2 aliphatic rings. The van der Waals surface area contributed by atoms with Crippen LogP contribution in [0.5, 0.6) is 0 Å². The molecule has 0 aromatic carbocycles. The fourth-order valence-electron chi connectivity index (χ4n) is 2.64. The maximum atomic E-state index is 12.0. The third-order valence-electron chi connectivity index (χ3n) is 3.54. The predicted molar refractivity (Wildman–Crippen MR) is 69.9 cm³/mol. The van der Waals surface area contributed by atoms with Crippen molar-refractivity contribution in [2.75, 3.05) is 0 Å². The largest absolute Gasteiger partial charge is 0.490 e. The monoisotopic (exact) mass is 248 g/mol. The molecular formula is C15H20O3. The van der Waals surface area contributed by atoms with Crippen molar-refractivity contribution in [2.45, 2.75) is 45.8 Å². The van der Waals surface area contributed by atoms with Crippen LogP contribution in [0.15, 0.2) is 35.1 Å². The van der Waals surface area contributed by atoms with Crippen molar-refractivity contribution >= 4 is 5.78 Å². The van der Waals surface area contributed by atoms with Crippen LogP contribution in [0.4, 0.5) is 0 Å². The minimum Gasteiger partial charge on any atom is -0.490 e. The van der Waals surface area contributed by atoms with Gasteiger partial charge in [-0.25, -0.2) is 0 Å². The molecule has 0 aromatic rings. The summed E-state index contributed by atoms with van der Waals surface area (Å²) in [5.41, 5.74) is 0.933. The summed E-state index contributed by atoms with van der Waals surface area (Å²) in [5, 5.41) is 10.5. The molecule has 1 saturated heterocycles. The Labute approximate surface area is 108 Å². The van der Waals surface area contributed by atoms with Gasteiger partial charge in [0.1, 0.15) is 17.5 Å². The number of ketones is 1. The summed E-state index contributed by atoms with van der Waals surface area (Å²) in [6.45, 7) is 7.54. The molecule has 0 amide bonds. The molecule has 3 atom stereocenters. The molecule has 1 N–H and O–H groups in total. The second-order valence-electron chi connectivity index (χ2n) is 5.65. The number of fused-ring (bicyclic) bond motifs is 1. The van der Waals surface area contributed by atoms with Gasteiger partial charge in [0.05, 0.1) is 5.92 Å². The SMILES string of the molecule is CC(C)=C/C=C1\O[C@@H]2CC(C)=CC(=O)[C@H]2[C@]1(C)O. The Morgan fingerprint density at radius 1 is 1.56 bits per heavy atom. The van der Waals surface area contributed by atoms with Crippen LogP contribution in [0.2, 0.25) is 0 Å². The number of carbonyl (C=O) groups excluding carboxylic acids is 1. The van der Waals surface area contributed by atoms with E-state index in [4.69, 9.17) is 4.74 Å². The number of allylic oxidation sites excluding steroid dienone is 4. The normalized spacial score (nSPS) is 37.1. The van der Waals surface area contributed by atoms with Gasteiger partial charge in [0.2, 0.25) is 0 Å². The lowest BCUT2D eigenvalue weighted by molar-refractivity contribution is -0.125. The maximum absolute atomic E-state index is 12.0. The van der Waals surface area contributed by atoms with Gasteiger partial charge in [0.25, 0.3) is 0 Å². The number of aliphatic hydroxyl groups is 1. The minimum atomic E-state index is -1.20. The molecule has 0 saturated carbocycles. The molecule has 2 rings (SSSR count). The lowest BCUT2D eigenvalue weighted by atomic mass is 9.77. The highest BCUT2D eigenvalue weighted by Crippen LogP contribution is 2.44. The average Bonchev–Trinajstić information content (AvgIpc) is 2.46. The van der Waals surface area contributed by atoms with Crippen LogP contribution in [-0.2, 0) is 9.53 Å². The zero-order valence-corrected chi connectivity index (χ0v) is 11.4. The summed E-state index contributed by atoms with van der Waals surface area (Å²) in [6, 6.07) is 0. The van der Waals surface area contributed by atoms with Gasteiger partial charge >= 0.3 is 0 Å². The van der Waals surface area contributed by atoms with Crippen LogP contribution in [0.3, 0.4) is 0 Å². The summed E-state index contributed by atoms with van der Waals surface area (Å²) < 4.78 is 5.78. The molecule has 0 aromatic heterocycles. The molecule has 1 fully saturated rings. The second kappa shape index (κ2) is 4.39. The Morgan fingerprint density at radius 3 is 2.83 bits per heavy atom. The van der Waals surface area contributed by atoms with Crippen molar-refractivity contribution in [1.29, 1.82) is 0 Å². The molecule has 3 heteroatoms. The molecule has 98 valence electrons. The molecule has 1 aliphatic heterocycles. The van der Waals surface area contributed by atoms with Gasteiger partial charge < -0.3 is 9.84 Å². The minimum absolute atomic E-state index is 0.0330. The first-order chi connectivity index (χ1) is 8.32. The fraction of sp³-hybridized carbons (Fsp3) is 0.533. The Kier molecular flexibility index (Phi) is 3.20. The van der Waals surface area contributed by atoms with Gasteiger partial charge in [-0.1, -0.05) is 17.2 Å². The van der Waals surface area contributed by atoms with Crippen molar-refractivity contribution in [3.8, 4) is 0 Å². The second-order valence-corrected chi connectivity index (χ2v) is 5.65. The molecular weight excluding hydrogens is 228 g/mol. The Morgan fingerprint density at radius 2 is 2.22 bits per heavy atom. The smallest absolute Gasteiger partial charge is 0.165 e. The highest BCUT2D eigenvalue weighted by atomic mass is 16.5. The summed E-state index contributed by atoms with van der Waals surface area (Å²) in [6.07, 6.45) is 5.78. The van der Waals surface area contributed by atoms with Crippen LogP contribution < -0.4 is 0 Å². The van der Waals surface area contributed by atoms with E-state index in [1.165, 1.54) is 0 Å². The summed E-state index contributed by atoms with van der Waals surface area (Å²) in [5.74, 6) is -0.0116. The van der Waals surface area contributed by atoms with Crippen molar-refractivity contribution in [2.24, 2.45) is 5.92 Å². The van der Waals surface area contributed by atoms with Crippen LogP contribution in [0, 0.1) is 5.92 Å². The van der Waals surface area contributed by atoms with E-state index in [2.05, 4.69) is 0 Å². The van der Waals surface area contributed by atoms with E-state index in [-0.39, 0.29) is 11.9 Å². The van der Waals surface area contributed by atoms with E-state index < -0.39 is 11.5 Å². The third kappa shape index (κ3) is 2.15. The Balaban J connectivity index is 2.35. The van der Waals surface area contributed by atoms with Crippen LogP contribution in [0.1, 0.15) is 34.1 Å². The van der Waals surface area contributed by atoms with E-state index in [0.717, 1.165) is 11.1 Å². The van der Waals surface area contributed by atoms with Crippen molar-refractivity contribution in [3.63, 3.8) is 0 Å². The molecule has 0 radical (unpaired) electrons. The van der Waals surface area contributed by atoms with Gasteiger partial charge in [0, 0.05) is 6.42 Å². The van der Waals surface area contributed by atoms with Crippen molar-refractivity contribution < 1.29 is 14.6 Å². The molecule has 0 unspecified atom stereocenters. The zero-order valence-electron chi connectivity index (χ0n) is 11.4. The molecule has 1 heterocycles. The Hall–Kier alpha value is -1.35. The number of ether oxygens (including phenoxy) is 1. The molecule has 0 spiro atoms. The fourth-order valence-corrected chi connectivity index (χ4v) is 2.64. The zero-order chi connectivity index (χ0) is 13.5. The molecule has 3 nitrogen and oxygen atoms in total. The maximum Gasteiger partial charge on any atom is 0.165 e. The summed E-state index contributed by atoms with van der Waals surface area (Å²) in [4.78, 5) is 12.0. The van der Waals surface area contributed by atoms with E-state index in [1.54, 1.807) is 19.1 Å². The molecule has 0 bridgehead atoms. The topological polar surface area (TPSA) is 46.5 Å². The standard InChI is InChI=1S/C15H20O3/c1-9(2)5-6-13-15(4,17)14-11(16)7-10(3)8-12(14)18-13/h5-7,12,14,17H,8H2,1-4H3/b13-6-/t12-,14-,15-/m1/s1. The number of hydrogen-bond acceptors (Lipinski definition) is 3. The number of carbonyl (C=O) groups is 1. The first kappa shape index (κ1) is 13.1. The van der Waals surface area contributed by atoms with E-state index in [1.807, 2.05) is 26.8 Å². The van der Waals surface area contributed by atoms with Crippen molar-refractivity contribution in [1.82, 2.24) is 0 Å². The lowest BCUT2D eigenvalue weighted by Gasteiger charge is -2.26. The van der Waals surface area contributed by atoms with E-state index in [9.17, 15) is 9.90 Å². The van der Waals surface area contributed by atoms with Crippen molar-refractivity contribution in [3.05, 3.63) is 35.1 Å². The first-order valence-electron chi connectivity index (χ1n) is 6.28. The summed E-state index contributed by atoms with van der Waals surface area (Å²) >= 11 is 0. The Bertz CT molecular complexity index is 462. The van der Waals surface area contributed by atoms with Gasteiger partial charge in [-0.15, -0.1) is 0 Å². The number of hydrogen-bond donors (Lipinski definition) is 1. The van der Waals surface area contributed by atoms with Gasteiger partial charge in [-0.2, -0.15) is 0 Å². The van der Waals surface area contributed by atoms with Crippen LogP contribution in [0.25, 0.3) is 0 Å². The number of rotatable bonds is 1. The lowest BCUT2D eigenvalue weighted by Crippen LogP contribution is -2.41. The van der Waals surface area contributed by atoms with Crippen LogP contribution >= 0.6 is 0 Å². The highest BCUT2D eigenvalue weighted by Gasteiger charge is 2.54. The first-order valence-corrected chi connectivity index (χ1v) is 6.28. The van der Waals surface area contributed by atoms with E-state index in [0.29, 0.717) is 12.2 Å². The predicted octanol–water partition coefficient (Wildman–Crippen LogP) is 2.52. The molecule has 18 heavy (non-hydrogen) atoms. The molecule has 1 aliphatic carbocycles. The quantitative estimate of drug-likeness (QED) is 0.775.